The fourth-order valence-electron chi connectivity index (χ4n) is 5.81. The van der Waals surface area contributed by atoms with E-state index in [9.17, 15) is 9.59 Å². The fourth-order valence-corrected chi connectivity index (χ4v) is 5.81. The van der Waals surface area contributed by atoms with Gasteiger partial charge in [-0.2, -0.15) is 0 Å². The molecule has 1 fully saturated rings. The Morgan fingerprint density at radius 2 is 1.19 bits per heavy atom. The zero-order valence-corrected chi connectivity index (χ0v) is 17.5. The van der Waals surface area contributed by atoms with Crippen LogP contribution in [0.3, 0.4) is 0 Å². The highest BCUT2D eigenvalue weighted by atomic mass is 16.2. The summed E-state index contributed by atoms with van der Waals surface area (Å²) in [4.78, 5) is 29.8. The number of carbonyl (C=O) groups excluding carboxylic acids is 2. The Morgan fingerprint density at radius 3 is 1.72 bits per heavy atom. The van der Waals surface area contributed by atoms with Crippen molar-refractivity contribution in [2.45, 2.75) is 12.0 Å². The average molecular weight is 418 g/mol. The summed E-state index contributed by atoms with van der Waals surface area (Å²) in [5, 5.41) is 0. The van der Waals surface area contributed by atoms with Crippen LogP contribution in [-0.4, -0.2) is 16.7 Å². The highest BCUT2D eigenvalue weighted by Crippen LogP contribution is 2.59. The normalized spacial score (nSPS) is 27.9. The van der Waals surface area contributed by atoms with Crippen molar-refractivity contribution in [3.05, 3.63) is 132 Å². The first-order chi connectivity index (χ1) is 15.7. The molecule has 2 bridgehead atoms. The summed E-state index contributed by atoms with van der Waals surface area (Å²) in [5.74, 6) is -0.558. The molecule has 3 nitrogen and oxygen atoms in total. The average Bonchev–Trinajstić information content (AvgIpc) is 3.08. The predicted molar refractivity (Wildman–Crippen MR) is 123 cm³/mol. The van der Waals surface area contributed by atoms with E-state index in [1.807, 2.05) is 91.0 Å². The summed E-state index contributed by atoms with van der Waals surface area (Å²) in [6.07, 6.45) is 8.19. The summed E-state index contributed by atoms with van der Waals surface area (Å²) in [6.45, 7) is 0. The number of imide groups is 1. The van der Waals surface area contributed by atoms with Crippen LogP contribution in [0.4, 0.5) is 0 Å². The molecule has 3 aromatic rings. The van der Waals surface area contributed by atoms with E-state index in [4.69, 9.17) is 0 Å². The highest BCUT2D eigenvalue weighted by Gasteiger charge is 2.64. The first-order valence-corrected chi connectivity index (χ1v) is 11.1. The molecule has 1 aliphatic heterocycles. The van der Waals surface area contributed by atoms with E-state index < -0.39 is 17.4 Å². The molecule has 32 heavy (non-hydrogen) atoms. The van der Waals surface area contributed by atoms with Crippen LogP contribution in [0.25, 0.3) is 0 Å². The largest absolute Gasteiger partial charge is 0.274 e. The van der Waals surface area contributed by atoms with Crippen molar-refractivity contribution >= 4 is 11.8 Å². The Balaban J connectivity index is 1.52. The summed E-state index contributed by atoms with van der Waals surface area (Å²) < 4.78 is 0. The molecule has 2 amide bonds. The lowest BCUT2D eigenvalue weighted by Gasteiger charge is -2.42. The molecule has 0 radical (unpaired) electrons. The number of hydrogen-bond acceptors (Lipinski definition) is 2. The van der Waals surface area contributed by atoms with E-state index in [1.54, 1.807) is 0 Å². The van der Waals surface area contributed by atoms with Gasteiger partial charge in [-0.25, -0.2) is 0 Å². The van der Waals surface area contributed by atoms with E-state index in [-0.39, 0.29) is 23.7 Å². The molecular weight excluding hydrogens is 394 g/mol. The van der Waals surface area contributed by atoms with Gasteiger partial charge in [-0.1, -0.05) is 115 Å². The third kappa shape index (κ3) is 2.61. The van der Waals surface area contributed by atoms with Gasteiger partial charge in [0, 0.05) is 11.8 Å². The highest BCUT2D eigenvalue weighted by molar-refractivity contribution is 6.11. The maximum atomic E-state index is 14.1. The number of benzene rings is 3. The van der Waals surface area contributed by atoms with Gasteiger partial charge in [0.2, 0.25) is 11.8 Å². The number of hydrogen-bond donors (Lipinski definition) is 0. The minimum atomic E-state index is -0.909. The molecule has 0 aromatic heterocycles. The van der Waals surface area contributed by atoms with Crippen molar-refractivity contribution < 1.29 is 9.59 Å². The summed E-state index contributed by atoms with van der Waals surface area (Å²) in [5.41, 5.74) is 2.08. The molecule has 1 spiro atoms. The van der Waals surface area contributed by atoms with Crippen LogP contribution in [0.5, 0.6) is 0 Å². The number of allylic oxidation sites excluding steroid dienone is 2. The lowest BCUT2D eigenvalue weighted by atomic mass is 9.57. The topological polar surface area (TPSA) is 37.4 Å². The quantitative estimate of drug-likeness (QED) is 0.427. The van der Waals surface area contributed by atoms with Crippen molar-refractivity contribution in [2.75, 3.05) is 0 Å². The molecule has 2 atom stereocenters. The summed E-state index contributed by atoms with van der Waals surface area (Å²) >= 11 is 0. The van der Waals surface area contributed by atoms with Gasteiger partial charge in [-0.05, 0) is 16.7 Å². The van der Waals surface area contributed by atoms with Crippen LogP contribution in [0.15, 0.2) is 115 Å². The molecular formula is C29H23NO2. The molecule has 3 aliphatic carbocycles. The second kappa shape index (κ2) is 7.16. The minimum Gasteiger partial charge on any atom is -0.274 e. The maximum Gasteiger partial charge on any atom is 0.244 e. The molecule has 0 saturated carbocycles. The number of rotatable bonds is 4. The SMILES string of the molecule is O=C1[C@@H]2[C@@H](c3ccccc3)C3C=CC2(C=C3)C(=O)N1C(c1ccccc1)c1ccccc1. The lowest BCUT2D eigenvalue weighted by molar-refractivity contribution is -0.142. The second-order valence-electron chi connectivity index (χ2n) is 8.88. The Bertz CT molecular complexity index is 1180. The Labute approximate surface area is 187 Å². The van der Waals surface area contributed by atoms with Gasteiger partial charge in [0.15, 0.2) is 0 Å². The molecule has 7 rings (SSSR count). The van der Waals surface area contributed by atoms with Gasteiger partial charge in [-0.15, -0.1) is 0 Å². The van der Waals surface area contributed by atoms with Gasteiger partial charge in [0.25, 0.3) is 0 Å². The lowest BCUT2D eigenvalue weighted by Crippen LogP contribution is -2.43. The number of likely N-dealkylation sites (tertiary alicyclic amines) is 1. The summed E-state index contributed by atoms with van der Waals surface area (Å²) in [7, 11) is 0. The number of carbonyl (C=O) groups is 2. The predicted octanol–water partition coefficient (Wildman–Crippen LogP) is 5.29. The van der Waals surface area contributed by atoms with Gasteiger partial charge in [0.1, 0.15) is 0 Å². The van der Waals surface area contributed by atoms with Crippen molar-refractivity contribution in [2.24, 2.45) is 17.3 Å². The number of nitrogens with zero attached hydrogens (tertiary/aromatic N) is 1. The Hall–Kier alpha value is -3.72. The van der Waals surface area contributed by atoms with Gasteiger partial charge < -0.3 is 0 Å². The van der Waals surface area contributed by atoms with E-state index in [1.165, 1.54) is 4.90 Å². The number of amides is 2. The van der Waals surface area contributed by atoms with Crippen LogP contribution in [-0.2, 0) is 9.59 Å². The van der Waals surface area contributed by atoms with Gasteiger partial charge >= 0.3 is 0 Å². The van der Waals surface area contributed by atoms with Crippen LogP contribution >= 0.6 is 0 Å². The van der Waals surface area contributed by atoms with Crippen LogP contribution in [0, 0.1) is 17.3 Å². The van der Waals surface area contributed by atoms with Crippen LogP contribution in [0.1, 0.15) is 28.7 Å². The van der Waals surface area contributed by atoms with Crippen LogP contribution in [0.2, 0.25) is 0 Å². The first kappa shape index (κ1) is 19.0. The smallest absolute Gasteiger partial charge is 0.244 e. The summed E-state index contributed by atoms with van der Waals surface area (Å²) in [6, 6.07) is 29.4. The fraction of sp³-hybridized carbons (Fsp3) is 0.172. The molecule has 4 aliphatic rings. The van der Waals surface area contributed by atoms with Crippen molar-refractivity contribution in [1.82, 2.24) is 4.90 Å². The Morgan fingerprint density at radius 1 is 0.688 bits per heavy atom. The van der Waals surface area contributed by atoms with E-state index >= 15 is 0 Å². The Kier molecular flexibility index (Phi) is 4.25. The van der Waals surface area contributed by atoms with Crippen molar-refractivity contribution in [3.63, 3.8) is 0 Å². The molecule has 3 aromatic carbocycles. The molecule has 1 saturated heterocycles. The molecule has 0 unspecified atom stereocenters. The van der Waals surface area contributed by atoms with Gasteiger partial charge in [0.05, 0.1) is 17.4 Å². The standard InChI is InChI=1S/C29H23NO2/c31-27-25-24(20-10-4-1-5-11-20)21-16-18-29(25,19-17-21)28(32)30(27)26(22-12-6-2-7-13-22)23-14-8-3-9-15-23/h1-19,21,24-26H/t21?,24-,25-,29?/m0/s1. The zero-order chi connectivity index (χ0) is 21.7. The molecule has 3 heteroatoms. The van der Waals surface area contributed by atoms with Crippen LogP contribution < -0.4 is 0 Å². The molecule has 156 valence electrons. The van der Waals surface area contributed by atoms with E-state index in [0.717, 1.165) is 16.7 Å². The third-order valence-electron chi connectivity index (χ3n) is 7.24. The van der Waals surface area contributed by atoms with E-state index in [2.05, 4.69) is 24.3 Å². The van der Waals surface area contributed by atoms with E-state index in [0.29, 0.717) is 0 Å². The monoisotopic (exact) mass is 417 g/mol. The molecule has 1 heterocycles. The minimum absolute atomic E-state index is 0.0418. The van der Waals surface area contributed by atoms with Gasteiger partial charge in [-0.3, -0.25) is 14.5 Å². The third-order valence-corrected chi connectivity index (χ3v) is 7.24. The first-order valence-electron chi connectivity index (χ1n) is 11.1. The van der Waals surface area contributed by atoms with Crippen molar-refractivity contribution in [3.8, 4) is 0 Å². The molecule has 0 N–H and O–H groups in total. The van der Waals surface area contributed by atoms with Crippen molar-refractivity contribution in [1.29, 1.82) is 0 Å². The maximum absolute atomic E-state index is 14.1. The zero-order valence-electron chi connectivity index (χ0n) is 17.5. The second-order valence-corrected chi connectivity index (χ2v) is 8.88.